The van der Waals surface area contributed by atoms with Gasteiger partial charge in [-0.1, -0.05) is 6.07 Å². The molecule has 1 aromatic carbocycles. The van der Waals surface area contributed by atoms with E-state index in [0.29, 0.717) is 11.3 Å². The molecule has 6 heteroatoms. The Kier molecular flexibility index (Phi) is 4.66. The maximum atomic E-state index is 12.5. The zero-order valence-corrected chi connectivity index (χ0v) is 13.5. The highest BCUT2D eigenvalue weighted by Crippen LogP contribution is 2.22. The van der Waals surface area contributed by atoms with Gasteiger partial charge in [0, 0.05) is 23.3 Å². The lowest BCUT2D eigenvalue weighted by atomic mass is 10.1. The molecule has 2 amide bonds. The Hall–Kier alpha value is -2.60. The van der Waals surface area contributed by atoms with Crippen molar-refractivity contribution in [2.45, 2.75) is 38.3 Å². The number of furan rings is 1. The molecule has 1 heterocycles. The van der Waals surface area contributed by atoms with Crippen molar-refractivity contribution in [2.75, 3.05) is 5.32 Å². The van der Waals surface area contributed by atoms with Gasteiger partial charge in [-0.2, -0.15) is 0 Å². The highest BCUT2D eigenvalue weighted by Gasteiger charge is 2.24. The second-order valence-corrected chi connectivity index (χ2v) is 6.15. The molecule has 0 bridgehead atoms. The quantitative estimate of drug-likeness (QED) is 0.803. The third-order valence-corrected chi connectivity index (χ3v) is 4.38. The van der Waals surface area contributed by atoms with Crippen molar-refractivity contribution in [1.29, 1.82) is 0 Å². The summed E-state index contributed by atoms with van der Waals surface area (Å²) in [5.41, 5.74) is 7.75. The van der Waals surface area contributed by atoms with E-state index in [4.69, 9.17) is 10.2 Å². The number of hydrogen-bond acceptors (Lipinski definition) is 4. The number of nitrogens with one attached hydrogen (secondary N) is 2. The van der Waals surface area contributed by atoms with Crippen LogP contribution in [-0.4, -0.2) is 23.9 Å². The van der Waals surface area contributed by atoms with Crippen LogP contribution in [0, 0.1) is 6.92 Å². The molecule has 2 aromatic rings. The van der Waals surface area contributed by atoms with Crippen LogP contribution in [-0.2, 0) is 0 Å². The Morgan fingerprint density at radius 1 is 1.17 bits per heavy atom. The third-order valence-electron chi connectivity index (χ3n) is 4.38. The first-order chi connectivity index (χ1) is 11.5. The fourth-order valence-electron chi connectivity index (χ4n) is 3.02. The van der Waals surface area contributed by atoms with Gasteiger partial charge in [-0.25, -0.2) is 0 Å². The van der Waals surface area contributed by atoms with E-state index in [9.17, 15) is 9.59 Å². The van der Waals surface area contributed by atoms with E-state index in [-0.39, 0.29) is 29.7 Å². The van der Waals surface area contributed by atoms with Gasteiger partial charge < -0.3 is 20.8 Å². The molecule has 1 saturated carbocycles. The highest BCUT2D eigenvalue weighted by molar-refractivity contribution is 6.04. The van der Waals surface area contributed by atoms with Crippen LogP contribution in [0.3, 0.4) is 0 Å². The number of anilines is 1. The summed E-state index contributed by atoms with van der Waals surface area (Å²) in [4.78, 5) is 24.6. The first-order valence-corrected chi connectivity index (χ1v) is 8.05. The van der Waals surface area contributed by atoms with Crippen LogP contribution in [0.2, 0.25) is 0 Å². The SMILES string of the molecule is Cc1c(NC(=O)c2ccco2)cccc1C(=O)N[C@@H]1CC[C@@H](N)C1. The lowest BCUT2D eigenvalue weighted by Crippen LogP contribution is -2.34. The van der Waals surface area contributed by atoms with Crippen molar-refractivity contribution in [1.82, 2.24) is 5.32 Å². The maximum absolute atomic E-state index is 12.5. The van der Waals surface area contributed by atoms with Crippen molar-refractivity contribution < 1.29 is 14.0 Å². The summed E-state index contributed by atoms with van der Waals surface area (Å²) < 4.78 is 5.08. The fraction of sp³-hybridized carbons (Fsp3) is 0.333. The molecule has 1 aliphatic carbocycles. The number of carbonyl (C=O) groups excluding carboxylic acids is 2. The van der Waals surface area contributed by atoms with E-state index >= 15 is 0 Å². The predicted molar refractivity (Wildman–Crippen MR) is 90.9 cm³/mol. The average molecular weight is 327 g/mol. The van der Waals surface area contributed by atoms with Crippen molar-refractivity contribution in [2.24, 2.45) is 5.73 Å². The molecule has 1 fully saturated rings. The summed E-state index contributed by atoms with van der Waals surface area (Å²) in [6.07, 6.45) is 4.09. The van der Waals surface area contributed by atoms with Gasteiger partial charge in [0.2, 0.25) is 0 Å². The van der Waals surface area contributed by atoms with Gasteiger partial charge in [0.25, 0.3) is 11.8 Å². The zero-order valence-electron chi connectivity index (χ0n) is 13.5. The third kappa shape index (κ3) is 3.49. The smallest absolute Gasteiger partial charge is 0.291 e. The minimum atomic E-state index is -0.345. The molecule has 1 aromatic heterocycles. The second kappa shape index (κ2) is 6.88. The topological polar surface area (TPSA) is 97.4 Å². The van der Waals surface area contributed by atoms with Gasteiger partial charge in [-0.15, -0.1) is 0 Å². The van der Waals surface area contributed by atoms with Crippen LogP contribution in [0.4, 0.5) is 5.69 Å². The first kappa shape index (κ1) is 16.3. The van der Waals surface area contributed by atoms with Gasteiger partial charge in [-0.3, -0.25) is 9.59 Å². The van der Waals surface area contributed by atoms with E-state index in [1.54, 1.807) is 30.3 Å². The van der Waals surface area contributed by atoms with E-state index < -0.39 is 0 Å². The molecule has 3 rings (SSSR count). The summed E-state index contributed by atoms with van der Waals surface area (Å²) in [7, 11) is 0. The Labute approximate surface area is 140 Å². The summed E-state index contributed by atoms with van der Waals surface area (Å²) >= 11 is 0. The molecule has 0 spiro atoms. The fourth-order valence-corrected chi connectivity index (χ4v) is 3.02. The summed E-state index contributed by atoms with van der Waals surface area (Å²) in [5.74, 6) is -0.257. The van der Waals surface area contributed by atoms with Gasteiger partial charge in [0.15, 0.2) is 5.76 Å². The molecular formula is C18H21N3O3. The van der Waals surface area contributed by atoms with Crippen LogP contribution in [0.5, 0.6) is 0 Å². The van der Waals surface area contributed by atoms with Crippen LogP contribution < -0.4 is 16.4 Å². The summed E-state index contributed by atoms with van der Waals surface area (Å²) in [6, 6.07) is 8.78. The van der Waals surface area contributed by atoms with E-state index in [0.717, 1.165) is 24.8 Å². The summed E-state index contributed by atoms with van der Waals surface area (Å²) in [6.45, 7) is 1.81. The first-order valence-electron chi connectivity index (χ1n) is 8.05. The Morgan fingerprint density at radius 3 is 2.67 bits per heavy atom. The average Bonchev–Trinajstić information content (AvgIpc) is 3.21. The van der Waals surface area contributed by atoms with Crippen molar-refractivity contribution in [3.05, 3.63) is 53.5 Å². The Morgan fingerprint density at radius 2 is 2.00 bits per heavy atom. The van der Waals surface area contributed by atoms with Crippen LogP contribution in [0.1, 0.15) is 45.7 Å². The largest absolute Gasteiger partial charge is 0.459 e. The number of carbonyl (C=O) groups is 2. The molecule has 0 saturated heterocycles. The molecule has 24 heavy (non-hydrogen) atoms. The maximum Gasteiger partial charge on any atom is 0.291 e. The number of benzene rings is 1. The van der Waals surface area contributed by atoms with Crippen LogP contribution in [0.15, 0.2) is 41.0 Å². The second-order valence-electron chi connectivity index (χ2n) is 6.15. The Balaban J connectivity index is 1.73. The van der Waals surface area contributed by atoms with Gasteiger partial charge >= 0.3 is 0 Å². The van der Waals surface area contributed by atoms with Crippen LogP contribution in [0.25, 0.3) is 0 Å². The molecule has 0 aliphatic heterocycles. The minimum absolute atomic E-state index is 0.119. The van der Waals surface area contributed by atoms with Crippen molar-refractivity contribution in [3.8, 4) is 0 Å². The molecule has 0 unspecified atom stereocenters. The van der Waals surface area contributed by atoms with Crippen molar-refractivity contribution >= 4 is 17.5 Å². The molecule has 1 aliphatic rings. The van der Waals surface area contributed by atoms with Gasteiger partial charge in [-0.05, 0) is 56.0 Å². The monoisotopic (exact) mass is 327 g/mol. The molecule has 4 N–H and O–H groups in total. The van der Waals surface area contributed by atoms with Gasteiger partial charge in [0.1, 0.15) is 0 Å². The molecular weight excluding hydrogens is 306 g/mol. The zero-order chi connectivity index (χ0) is 17.1. The molecule has 126 valence electrons. The minimum Gasteiger partial charge on any atom is -0.459 e. The lowest BCUT2D eigenvalue weighted by molar-refractivity contribution is 0.0935. The van der Waals surface area contributed by atoms with Gasteiger partial charge in [0.05, 0.1) is 6.26 Å². The van der Waals surface area contributed by atoms with Crippen LogP contribution >= 0.6 is 0 Å². The van der Waals surface area contributed by atoms with Crippen molar-refractivity contribution in [3.63, 3.8) is 0 Å². The van der Waals surface area contributed by atoms with E-state index in [2.05, 4.69) is 10.6 Å². The Bertz CT molecular complexity index is 740. The number of rotatable bonds is 4. The number of hydrogen-bond donors (Lipinski definition) is 3. The molecule has 0 radical (unpaired) electrons. The normalized spacial score (nSPS) is 19.9. The predicted octanol–water partition coefficient (Wildman–Crippen LogP) is 2.45. The van der Waals surface area contributed by atoms with E-state index in [1.165, 1.54) is 6.26 Å². The van der Waals surface area contributed by atoms with E-state index in [1.807, 2.05) is 6.92 Å². The highest BCUT2D eigenvalue weighted by atomic mass is 16.3. The number of nitrogens with two attached hydrogens (primary N) is 1. The standard InChI is InChI=1S/C18H21N3O3/c1-11-14(17(22)20-13-8-7-12(19)10-13)4-2-5-15(11)21-18(23)16-6-3-9-24-16/h2-6,9,12-13H,7-8,10,19H2,1H3,(H,20,22)(H,21,23)/t12-,13-/m1/s1. The molecule has 6 nitrogen and oxygen atoms in total. The lowest BCUT2D eigenvalue weighted by Gasteiger charge is -2.15. The summed E-state index contributed by atoms with van der Waals surface area (Å²) in [5, 5.41) is 5.80. The number of amides is 2. The molecule has 2 atom stereocenters.